The lowest BCUT2D eigenvalue weighted by atomic mass is 9.97. The molecule has 1 aromatic rings. The van der Waals surface area contributed by atoms with Gasteiger partial charge in [0.25, 0.3) is 0 Å². The summed E-state index contributed by atoms with van der Waals surface area (Å²) in [6.07, 6.45) is 0. The predicted octanol–water partition coefficient (Wildman–Crippen LogP) is 3.11. The largest absolute Gasteiger partial charge is 0.496 e. The van der Waals surface area contributed by atoms with Crippen LogP contribution in [0, 0.1) is 5.92 Å². The minimum atomic E-state index is 0.0412. The maximum Gasteiger partial charge on any atom is 0.133 e. The van der Waals surface area contributed by atoms with Gasteiger partial charge >= 0.3 is 0 Å². The highest BCUT2D eigenvalue weighted by atomic mass is 79.9. The van der Waals surface area contributed by atoms with Gasteiger partial charge in [0.15, 0.2) is 0 Å². The van der Waals surface area contributed by atoms with Gasteiger partial charge in [0.1, 0.15) is 5.75 Å². The summed E-state index contributed by atoms with van der Waals surface area (Å²) in [7, 11) is 1.66. The quantitative estimate of drug-likeness (QED) is 0.904. The Hall–Kier alpha value is -0.540. The number of nitrogens with two attached hydrogens (primary N) is 1. The Morgan fingerprint density at radius 3 is 2.50 bits per heavy atom. The molecule has 14 heavy (non-hydrogen) atoms. The second-order valence-electron chi connectivity index (χ2n) is 3.63. The molecule has 0 aliphatic heterocycles. The Labute approximate surface area is 93.6 Å². The lowest BCUT2D eigenvalue weighted by Gasteiger charge is -2.18. The van der Waals surface area contributed by atoms with E-state index in [1.165, 1.54) is 0 Å². The van der Waals surface area contributed by atoms with Crippen LogP contribution < -0.4 is 10.5 Å². The molecule has 0 radical (unpaired) electrons. The molecular formula is C11H16BrNO. The molecular weight excluding hydrogens is 242 g/mol. The van der Waals surface area contributed by atoms with Crippen molar-refractivity contribution in [3.05, 3.63) is 28.2 Å². The first kappa shape index (κ1) is 11.5. The third-order valence-electron chi connectivity index (χ3n) is 2.29. The van der Waals surface area contributed by atoms with Crippen LogP contribution in [0.1, 0.15) is 25.5 Å². The predicted molar refractivity (Wildman–Crippen MR) is 62.5 cm³/mol. The first-order valence-electron chi connectivity index (χ1n) is 4.66. The molecule has 0 aromatic heterocycles. The average Bonchev–Trinajstić information content (AvgIpc) is 2.17. The first-order valence-corrected chi connectivity index (χ1v) is 5.45. The van der Waals surface area contributed by atoms with Gasteiger partial charge in [-0.25, -0.2) is 0 Å². The molecule has 1 rings (SSSR count). The van der Waals surface area contributed by atoms with Crippen LogP contribution >= 0.6 is 15.9 Å². The third kappa shape index (κ3) is 2.28. The van der Waals surface area contributed by atoms with Gasteiger partial charge in [-0.1, -0.05) is 26.0 Å². The Balaban J connectivity index is 3.09. The fraction of sp³-hybridized carbons (Fsp3) is 0.455. The van der Waals surface area contributed by atoms with Crippen LogP contribution in [-0.2, 0) is 0 Å². The van der Waals surface area contributed by atoms with Crippen molar-refractivity contribution in [1.82, 2.24) is 0 Å². The highest BCUT2D eigenvalue weighted by molar-refractivity contribution is 9.10. The van der Waals surface area contributed by atoms with Crippen LogP contribution in [0.25, 0.3) is 0 Å². The zero-order valence-electron chi connectivity index (χ0n) is 8.75. The van der Waals surface area contributed by atoms with E-state index in [-0.39, 0.29) is 6.04 Å². The molecule has 0 heterocycles. The zero-order chi connectivity index (χ0) is 10.7. The Morgan fingerprint density at radius 2 is 2.00 bits per heavy atom. The van der Waals surface area contributed by atoms with Gasteiger partial charge < -0.3 is 10.5 Å². The van der Waals surface area contributed by atoms with Crippen molar-refractivity contribution >= 4 is 15.9 Å². The summed E-state index contributed by atoms with van der Waals surface area (Å²) in [4.78, 5) is 0. The van der Waals surface area contributed by atoms with E-state index in [4.69, 9.17) is 10.5 Å². The second kappa shape index (κ2) is 4.80. The number of hydrogen-bond acceptors (Lipinski definition) is 2. The van der Waals surface area contributed by atoms with Crippen LogP contribution in [0.4, 0.5) is 0 Å². The molecule has 3 heteroatoms. The number of halogens is 1. The summed E-state index contributed by atoms with van der Waals surface area (Å²) < 4.78 is 6.17. The van der Waals surface area contributed by atoms with Gasteiger partial charge in [-0.05, 0) is 33.5 Å². The van der Waals surface area contributed by atoms with E-state index in [1.807, 2.05) is 18.2 Å². The van der Waals surface area contributed by atoms with Gasteiger partial charge in [-0.15, -0.1) is 0 Å². The molecule has 1 atom stereocenters. The number of benzene rings is 1. The van der Waals surface area contributed by atoms with Crippen molar-refractivity contribution in [2.24, 2.45) is 11.7 Å². The van der Waals surface area contributed by atoms with Crippen LogP contribution in [0.2, 0.25) is 0 Å². The molecule has 2 N–H and O–H groups in total. The maximum atomic E-state index is 6.08. The van der Waals surface area contributed by atoms with Crippen LogP contribution in [0.15, 0.2) is 22.7 Å². The van der Waals surface area contributed by atoms with Crippen molar-refractivity contribution in [3.63, 3.8) is 0 Å². The standard InChI is InChI=1S/C11H16BrNO/c1-7(2)11(13)8-5-4-6-9(14-3)10(8)12/h4-7,11H,13H2,1-3H3/t11-/m1/s1. The van der Waals surface area contributed by atoms with Crippen LogP contribution in [-0.4, -0.2) is 7.11 Å². The van der Waals surface area contributed by atoms with Gasteiger partial charge in [0, 0.05) is 6.04 Å². The molecule has 78 valence electrons. The second-order valence-corrected chi connectivity index (χ2v) is 4.43. The van der Waals surface area contributed by atoms with E-state index in [9.17, 15) is 0 Å². The molecule has 0 unspecified atom stereocenters. The lowest BCUT2D eigenvalue weighted by Crippen LogP contribution is -2.17. The molecule has 0 bridgehead atoms. The molecule has 1 aromatic carbocycles. The van der Waals surface area contributed by atoms with Gasteiger partial charge in [-0.2, -0.15) is 0 Å². The number of rotatable bonds is 3. The molecule has 0 amide bonds. The minimum absolute atomic E-state index is 0.0412. The maximum absolute atomic E-state index is 6.08. The molecule has 0 fully saturated rings. The SMILES string of the molecule is COc1cccc([C@H](N)C(C)C)c1Br. The van der Waals surface area contributed by atoms with E-state index in [0.717, 1.165) is 15.8 Å². The van der Waals surface area contributed by atoms with Crippen molar-refractivity contribution < 1.29 is 4.74 Å². The number of hydrogen-bond donors (Lipinski definition) is 1. The summed E-state index contributed by atoms with van der Waals surface area (Å²) in [5.41, 5.74) is 7.17. The minimum Gasteiger partial charge on any atom is -0.496 e. The fourth-order valence-corrected chi connectivity index (χ4v) is 1.99. The van der Waals surface area contributed by atoms with Gasteiger partial charge in [0.2, 0.25) is 0 Å². The smallest absolute Gasteiger partial charge is 0.133 e. The highest BCUT2D eigenvalue weighted by Crippen LogP contribution is 2.33. The Kier molecular flexibility index (Phi) is 3.96. The monoisotopic (exact) mass is 257 g/mol. The van der Waals surface area contributed by atoms with Crippen molar-refractivity contribution in [2.75, 3.05) is 7.11 Å². The van der Waals surface area contributed by atoms with E-state index < -0.39 is 0 Å². The molecule has 0 saturated heterocycles. The van der Waals surface area contributed by atoms with Crippen molar-refractivity contribution in [2.45, 2.75) is 19.9 Å². The summed E-state index contributed by atoms with van der Waals surface area (Å²) in [6.45, 7) is 4.22. The fourth-order valence-electron chi connectivity index (χ4n) is 1.30. The third-order valence-corrected chi connectivity index (χ3v) is 3.14. The first-order chi connectivity index (χ1) is 6.57. The van der Waals surface area contributed by atoms with Gasteiger partial charge in [0.05, 0.1) is 11.6 Å². The molecule has 0 spiro atoms. The summed E-state index contributed by atoms with van der Waals surface area (Å²) >= 11 is 3.51. The van der Waals surface area contributed by atoms with Crippen molar-refractivity contribution in [3.8, 4) is 5.75 Å². The van der Waals surface area contributed by atoms with Crippen molar-refractivity contribution in [1.29, 1.82) is 0 Å². The van der Waals surface area contributed by atoms with Gasteiger partial charge in [-0.3, -0.25) is 0 Å². The summed E-state index contributed by atoms with van der Waals surface area (Å²) in [5.74, 6) is 1.25. The van der Waals surface area contributed by atoms with Crippen LogP contribution in [0.3, 0.4) is 0 Å². The Morgan fingerprint density at radius 1 is 1.36 bits per heavy atom. The highest BCUT2D eigenvalue weighted by Gasteiger charge is 2.15. The Bertz CT molecular complexity index is 312. The topological polar surface area (TPSA) is 35.2 Å². The molecule has 0 saturated carbocycles. The molecule has 0 aliphatic carbocycles. The molecule has 2 nitrogen and oxygen atoms in total. The van der Waals surface area contributed by atoms with E-state index in [2.05, 4.69) is 29.8 Å². The normalized spacial score (nSPS) is 13.0. The number of methoxy groups -OCH3 is 1. The van der Waals surface area contributed by atoms with E-state index >= 15 is 0 Å². The zero-order valence-corrected chi connectivity index (χ0v) is 10.3. The lowest BCUT2D eigenvalue weighted by molar-refractivity contribution is 0.409. The van der Waals surface area contributed by atoms with Crippen LogP contribution in [0.5, 0.6) is 5.75 Å². The van der Waals surface area contributed by atoms with E-state index in [0.29, 0.717) is 5.92 Å². The number of ether oxygens (including phenoxy) is 1. The summed E-state index contributed by atoms with van der Waals surface area (Å²) in [5, 5.41) is 0. The molecule has 0 aliphatic rings. The van der Waals surface area contributed by atoms with E-state index in [1.54, 1.807) is 7.11 Å². The average molecular weight is 258 g/mol. The summed E-state index contributed by atoms with van der Waals surface area (Å²) in [6, 6.07) is 5.94.